The molecule has 1 aromatic carbocycles. The number of hydrogen-bond acceptors (Lipinski definition) is 3. The number of benzene rings is 1. The first-order chi connectivity index (χ1) is 7.75. The van der Waals surface area contributed by atoms with Crippen molar-refractivity contribution in [2.45, 2.75) is 32.7 Å². The zero-order valence-electron chi connectivity index (χ0n) is 9.92. The molecule has 0 aliphatic carbocycles. The lowest BCUT2D eigenvalue weighted by atomic mass is 10.1. The molecule has 0 fully saturated rings. The summed E-state index contributed by atoms with van der Waals surface area (Å²) in [6.45, 7) is 6.26. The molecule has 2 aliphatic heterocycles. The van der Waals surface area contributed by atoms with Crippen LogP contribution in [-0.2, 0) is 12.8 Å². The Balaban J connectivity index is 2.00. The second-order valence-corrected chi connectivity index (χ2v) is 4.83. The zero-order chi connectivity index (χ0) is 11.1. The summed E-state index contributed by atoms with van der Waals surface area (Å²) in [5, 5.41) is 2.30. The first-order valence-electron chi connectivity index (χ1n) is 6.07. The Kier molecular flexibility index (Phi) is 2.28. The maximum Gasteiger partial charge on any atom is 0.124 e. The van der Waals surface area contributed by atoms with E-state index in [0.29, 0.717) is 6.04 Å². The van der Waals surface area contributed by atoms with E-state index in [2.05, 4.69) is 36.4 Å². The van der Waals surface area contributed by atoms with Crippen molar-refractivity contribution < 1.29 is 4.74 Å². The molecule has 0 atom stereocenters. The highest BCUT2D eigenvalue weighted by Gasteiger charge is 2.27. The lowest BCUT2D eigenvalue weighted by Gasteiger charge is -2.24. The Labute approximate surface area is 96.4 Å². The van der Waals surface area contributed by atoms with Crippen LogP contribution in [-0.4, -0.2) is 19.2 Å². The van der Waals surface area contributed by atoms with Crippen LogP contribution in [0.1, 0.15) is 25.0 Å². The van der Waals surface area contributed by atoms with E-state index in [1.165, 1.54) is 16.8 Å². The van der Waals surface area contributed by atoms with Crippen LogP contribution in [0, 0.1) is 0 Å². The molecule has 2 heterocycles. The van der Waals surface area contributed by atoms with Gasteiger partial charge in [0.25, 0.3) is 0 Å². The number of nitrogens with one attached hydrogen (secondary N) is 1. The zero-order valence-corrected chi connectivity index (χ0v) is 9.92. The Morgan fingerprint density at radius 2 is 2.19 bits per heavy atom. The fourth-order valence-electron chi connectivity index (χ4n) is 2.63. The molecule has 0 spiro atoms. The van der Waals surface area contributed by atoms with Crippen LogP contribution in [0.25, 0.3) is 0 Å². The molecule has 3 rings (SSSR count). The summed E-state index contributed by atoms with van der Waals surface area (Å²) in [6, 6.07) is 4.81. The molecule has 2 aliphatic rings. The largest absolute Gasteiger partial charge is 0.493 e. The number of fused-ring (bicyclic) bond motifs is 3. The van der Waals surface area contributed by atoms with Crippen molar-refractivity contribution in [1.82, 2.24) is 5.43 Å². The van der Waals surface area contributed by atoms with Crippen LogP contribution >= 0.6 is 0 Å². The maximum atomic E-state index is 5.62. The predicted molar refractivity (Wildman–Crippen MR) is 65.0 cm³/mol. The van der Waals surface area contributed by atoms with E-state index in [1.807, 2.05) is 0 Å². The number of nitrogens with zero attached hydrogens (tertiary/aromatic N) is 1. The van der Waals surface area contributed by atoms with Gasteiger partial charge in [-0.2, -0.15) is 0 Å². The van der Waals surface area contributed by atoms with Crippen LogP contribution in [0.4, 0.5) is 5.69 Å². The van der Waals surface area contributed by atoms with Gasteiger partial charge < -0.3 is 9.75 Å². The Morgan fingerprint density at radius 1 is 1.31 bits per heavy atom. The van der Waals surface area contributed by atoms with Gasteiger partial charge in [-0.05, 0) is 31.9 Å². The Bertz CT molecular complexity index is 415. The van der Waals surface area contributed by atoms with Crippen molar-refractivity contribution >= 4 is 5.69 Å². The molecule has 3 heteroatoms. The highest BCUT2D eigenvalue weighted by Crippen LogP contribution is 2.39. The normalized spacial score (nSPS) is 17.6. The monoisotopic (exact) mass is 218 g/mol. The van der Waals surface area contributed by atoms with E-state index >= 15 is 0 Å². The average Bonchev–Trinajstić information content (AvgIpc) is 2.82. The highest BCUT2D eigenvalue weighted by atomic mass is 16.5. The molecule has 16 heavy (non-hydrogen) atoms. The standard InChI is InChI=1S/C13H18N2O/c1-9(2)14-15-7-5-10-3-4-12-11(13(10)15)6-8-16-12/h3-4,9,14H,5-8H2,1-2H3. The van der Waals surface area contributed by atoms with Crippen LogP contribution in [0.3, 0.4) is 0 Å². The molecule has 0 radical (unpaired) electrons. The second-order valence-electron chi connectivity index (χ2n) is 4.83. The van der Waals surface area contributed by atoms with Crippen molar-refractivity contribution in [3.63, 3.8) is 0 Å². The average molecular weight is 218 g/mol. The summed E-state index contributed by atoms with van der Waals surface area (Å²) in [7, 11) is 0. The minimum atomic E-state index is 0.476. The third-order valence-corrected chi connectivity index (χ3v) is 3.22. The molecule has 1 N–H and O–H groups in total. The quantitative estimate of drug-likeness (QED) is 0.820. The summed E-state index contributed by atoms with van der Waals surface area (Å²) in [5.74, 6) is 1.08. The number of hydrazine groups is 1. The van der Waals surface area contributed by atoms with Crippen LogP contribution in [0.5, 0.6) is 5.75 Å². The number of hydrogen-bond donors (Lipinski definition) is 1. The fraction of sp³-hybridized carbons (Fsp3) is 0.538. The van der Waals surface area contributed by atoms with E-state index < -0.39 is 0 Å². The van der Waals surface area contributed by atoms with Gasteiger partial charge >= 0.3 is 0 Å². The van der Waals surface area contributed by atoms with Gasteiger partial charge in [-0.1, -0.05) is 6.07 Å². The molecular formula is C13H18N2O. The summed E-state index contributed by atoms with van der Waals surface area (Å²) < 4.78 is 5.62. The molecular weight excluding hydrogens is 200 g/mol. The van der Waals surface area contributed by atoms with Gasteiger partial charge in [0.15, 0.2) is 0 Å². The smallest absolute Gasteiger partial charge is 0.124 e. The molecule has 0 unspecified atom stereocenters. The third-order valence-electron chi connectivity index (χ3n) is 3.22. The van der Waals surface area contributed by atoms with Crippen molar-refractivity contribution in [1.29, 1.82) is 0 Å². The maximum absolute atomic E-state index is 5.62. The fourth-order valence-corrected chi connectivity index (χ4v) is 2.63. The lowest BCUT2D eigenvalue weighted by Crippen LogP contribution is -2.41. The molecule has 0 bridgehead atoms. The van der Waals surface area contributed by atoms with Crippen LogP contribution in [0.15, 0.2) is 12.1 Å². The van der Waals surface area contributed by atoms with E-state index in [0.717, 1.165) is 31.7 Å². The minimum Gasteiger partial charge on any atom is -0.493 e. The molecule has 3 nitrogen and oxygen atoms in total. The van der Waals surface area contributed by atoms with Crippen LogP contribution in [0.2, 0.25) is 0 Å². The van der Waals surface area contributed by atoms with Gasteiger partial charge in [-0.3, -0.25) is 0 Å². The first kappa shape index (κ1) is 9.97. The van der Waals surface area contributed by atoms with E-state index in [-0.39, 0.29) is 0 Å². The highest BCUT2D eigenvalue weighted by molar-refractivity contribution is 5.67. The van der Waals surface area contributed by atoms with E-state index in [9.17, 15) is 0 Å². The topological polar surface area (TPSA) is 24.5 Å². The number of ether oxygens (including phenoxy) is 1. The molecule has 0 saturated carbocycles. The Morgan fingerprint density at radius 3 is 3.00 bits per heavy atom. The molecule has 86 valence electrons. The number of anilines is 1. The summed E-state index contributed by atoms with van der Waals surface area (Å²) in [4.78, 5) is 0. The molecule has 0 saturated heterocycles. The minimum absolute atomic E-state index is 0.476. The van der Waals surface area contributed by atoms with Gasteiger partial charge in [0, 0.05) is 24.6 Å². The van der Waals surface area contributed by atoms with E-state index in [1.54, 1.807) is 0 Å². The molecule has 0 amide bonds. The summed E-state index contributed by atoms with van der Waals surface area (Å²) >= 11 is 0. The summed E-state index contributed by atoms with van der Waals surface area (Å²) in [5.41, 5.74) is 7.73. The first-order valence-corrected chi connectivity index (χ1v) is 6.07. The third kappa shape index (κ3) is 1.47. The Hall–Kier alpha value is -1.22. The van der Waals surface area contributed by atoms with Gasteiger partial charge in [0.1, 0.15) is 5.75 Å². The van der Waals surface area contributed by atoms with Gasteiger partial charge in [0.05, 0.1) is 12.3 Å². The van der Waals surface area contributed by atoms with Crippen molar-refractivity contribution in [2.24, 2.45) is 0 Å². The van der Waals surface area contributed by atoms with Gasteiger partial charge in [-0.15, -0.1) is 0 Å². The van der Waals surface area contributed by atoms with Gasteiger partial charge in [0.2, 0.25) is 0 Å². The van der Waals surface area contributed by atoms with Gasteiger partial charge in [-0.25, -0.2) is 5.43 Å². The predicted octanol–water partition coefficient (Wildman–Crippen LogP) is 1.90. The summed E-state index contributed by atoms with van der Waals surface area (Å²) in [6.07, 6.45) is 2.19. The SMILES string of the molecule is CC(C)NN1CCc2ccc3c(c21)CCO3. The number of rotatable bonds is 2. The molecule has 1 aromatic rings. The van der Waals surface area contributed by atoms with Crippen molar-refractivity contribution in [3.8, 4) is 5.75 Å². The van der Waals surface area contributed by atoms with E-state index in [4.69, 9.17) is 4.74 Å². The second kappa shape index (κ2) is 3.67. The van der Waals surface area contributed by atoms with Crippen LogP contribution < -0.4 is 15.2 Å². The van der Waals surface area contributed by atoms with Crippen molar-refractivity contribution in [3.05, 3.63) is 23.3 Å². The molecule has 0 aromatic heterocycles. The van der Waals surface area contributed by atoms with Crippen molar-refractivity contribution in [2.75, 3.05) is 18.2 Å². The lowest BCUT2D eigenvalue weighted by molar-refractivity contribution is 0.357.